The van der Waals surface area contributed by atoms with Crippen LogP contribution in [-0.4, -0.2) is 36.4 Å². The van der Waals surface area contributed by atoms with Gasteiger partial charge >= 0.3 is 0 Å². The van der Waals surface area contributed by atoms with Crippen LogP contribution in [0.15, 0.2) is 60.7 Å². The highest BCUT2D eigenvalue weighted by molar-refractivity contribution is 7.15. The van der Waals surface area contributed by atoms with Gasteiger partial charge in [-0.25, -0.2) is 0 Å². The number of carbonyl (C=O) groups is 1. The maximum atomic E-state index is 12.3. The highest BCUT2D eigenvalue weighted by Crippen LogP contribution is 2.28. The van der Waals surface area contributed by atoms with Crippen molar-refractivity contribution in [2.24, 2.45) is 0 Å². The molecule has 1 amide bonds. The molecular formula is C25H24N4O4S. The zero-order valence-electron chi connectivity index (χ0n) is 18.9. The molecule has 174 valence electrons. The predicted octanol–water partition coefficient (Wildman–Crippen LogP) is 4.59. The number of nitrogens with one attached hydrogen (secondary N) is 1. The molecular weight excluding hydrogens is 452 g/mol. The number of aryl methyl sites for hydroxylation is 1. The molecule has 0 saturated heterocycles. The molecule has 3 aromatic rings. The molecule has 1 aromatic heterocycles. The van der Waals surface area contributed by atoms with E-state index in [1.54, 1.807) is 38.3 Å². The van der Waals surface area contributed by atoms with Crippen molar-refractivity contribution in [2.45, 2.75) is 13.3 Å². The van der Waals surface area contributed by atoms with Crippen LogP contribution in [-0.2, 0) is 11.2 Å². The van der Waals surface area contributed by atoms with Crippen molar-refractivity contribution in [1.82, 2.24) is 10.2 Å². The van der Waals surface area contributed by atoms with Gasteiger partial charge in [0.05, 0.1) is 7.11 Å². The van der Waals surface area contributed by atoms with E-state index in [-0.39, 0.29) is 5.57 Å². The van der Waals surface area contributed by atoms with Crippen LogP contribution in [0.25, 0.3) is 6.08 Å². The molecule has 9 heteroatoms. The fraction of sp³-hybridized carbons (Fsp3) is 0.200. The van der Waals surface area contributed by atoms with Crippen LogP contribution in [0.2, 0.25) is 0 Å². The number of nitrogens with zero attached hydrogens (tertiary/aromatic N) is 3. The van der Waals surface area contributed by atoms with Gasteiger partial charge in [0, 0.05) is 0 Å². The van der Waals surface area contributed by atoms with Crippen molar-refractivity contribution in [3.63, 3.8) is 0 Å². The molecule has 3 rings (SSSR count). The molecule has 8 nitrogen and oxygen atoms in total. The summed E-state index contributed by atoms with van der Waals surface area (Å²) in [6.07, 6.45) is 4.09. The van der Waals surface area contributed by atoms with Gasteiger partial charge in [0.15, 0.2) is 11.5 Å². The van der Waals surface area contributed by atoms with E-state index in [9.17, 15) is 10.1 Å². The second-order valence-corrected chi connectivity index (χ2v) is 8.18. The first kappa shape index (κ1) is 24.5. The summed E-state index contributed by atoms with van der Waals surface area (Å²) in [5.41, 5.74) is 1.74. The zero-order valence-corrected chi connectivity index (χ0v) is 19.7. The van der Waals surface area contributed by atoms with Crippen molar-refractivity contribution >= 4 is 28.5 Å². The SMILES string of the molecule is C=CCc1ccc(OCCOc2ccc(/C=C(/C#N)C(=O)Nc3nnc(C)s3)cc2)c(OC)c1. The molecule has 0 atom stereocenters. The minimum absolute atomic E-state index is 0.0389. The summed E-state index contributed by atoms with van der Waals surface area (Å²) in [6.45, 7) is 6.19. The summed E-state index contributed by atoms with van der Waals surface area (Å²) < 4.78 is 16.9. The third kappa shape index (κ3) is 6.92. The minimum Gasteiger partial charge on any atom is -0.493 e. The van der Waals surface area contributed by atoms with E-state index in [0.717, 1.165) is 17.0 Å². The molecule has 0 bridgehead atoms. The monoisotopic (exact) mass is 476 g/mol. The van der Waals surface area contributed by atoms with E-state index in [1.807, 2.05) is 30.3 Å². The first-order valence-corrected chi connectivity index (χ1v) is 11.2. The molecule has 0 radical (unpaired) electrons. The van der Waals surface area contributed by atoms with Crippen molar-refractivity contribution in [3.8, 4) is 23.3 Å². The Morgan fingerprint density at radius 1 is 1.15 bits per heavy atom. The van der Waals surface area contributed by atoms with E-state index in [1.165, 1.54) is 17.4 Å². The van der Waals surface area contributed by atoms with E-state index >= 15 is 0 Å². The van der Waals surface area contributed by atoms with Crippen LogP contribution in [0.1, 0.15) is 16.1 Å². The number of nitriles is 1. The number of amides is 1. The number of rotatable bonds is 11. The average molecular weight is 477 g/mol. The average Bonchev–Trinajstić information content (AvgIpc) is 3.26. The molecule has 2 aromatic carbocycles. The Balaban J connectivity index is 1.52. The van der Waals surface area contributed by atoms with Crippen LogP contribution in [0.4, 0.5) is 5.13 Å². The number of hydrogen-bond donors (Lipinski definition) is 1. The highest BCUT2D eigenvalue weighted by Gasteiger charge is 2.12. The topological polar surface area (TPSA) is 106 Å². The Morgan fingerprint density at radius 3 is 2.56 bits per heavy atom. The number of ether oxygens (including phenoxy) is 3. The molecule has 0 unspecified atom stereocenters. The summed E-state index contributed by atoms with van der Waals surface area (Å²) in [6, 6.07) is 14.7. The Hall–Kier alpha value is -4.16. The Kier molecular flexibility index (Phi) is 8.77. The zero-order chi connectivity index (χ0) is 24.3. The van der Waals surface area contributed by atoms with Crippen molar-refractivity contribution in [2.75, 3.05) is 25.6 Å². The molecule has 0 saturated carbocycles. The number of anilines is 1. The number of carbonyl (C=O) groups excluding carboxylic acids is 1. The third-order valence-corrected chi connectivity index (χ3v) is 5.27. The first-order chi connectivity index (χ1) is 16.5. The second-order valence-electron chi connectivity index (χ2n) is 6.99. The lowest BCUT2D eigenvalue weighted by Crippen LogP contribution is -2.13. The summed E-state index contributed by atoms with van der Waals surface area (Å²) in [5, 5.41) is 20.7. The molecule has 0 spiro atoms. The van der Waals surface area contributed by atoms with E-state index < -0.39 is 5.91 Å². The maximum Gasteiger partial charge on any atom is 0.268 e. The van der Waals surface area contributed by atoms with Gasteiger partial charge in [-0.1, -0.05) is 35.6 Å². The maximum absolute atomic E-state index is 12.3. The van der Waals surface area contributed by atoms with Gasteiger partial charge in [-0.05, 0) is 54.8 Å². The van der Waals surface area contributed by atoms with Crippen LogP contribution in [0.3, 0.4) is 0 Å². The molecule has 1 heterocycles. The van der Waals surface area contributed by atoms with Crippen LogP contribution < -0.4 is 19.5 Å². The highest BCUT2D eigenvalue weighted by atomic mass is 32.1. The van der Waals surface area contributed by atoms with Gasteiger partial charge in [-0.15, -0.1) is 16.8 Å². The summed E-state index contributed by atoms with van der Waals surface area (Å²) >= 11 is 1.24. The number of allylic oxidation sites excluding steroid dienone is 1. The normalized spacial score (nSPS) is 10.8. The van der Waals surface area contributed by atoms with E-state index in [0.29, 0.717) is 41.2 Å². The fourth-order valence-corrected chi connectivity index (χ4v) is 3.51. The van der Waals surface area contributed by atoms with E-state index in [4.69, 9.17) is 14.2 Å². The van der Waals surface area contributed by atoms with Crippen LogP contribution in [0.5, 0.6) is 17.2 Å². The lowest BCUT2D eigenvalue weighted by molar-refractivity contribution is -0.112. The number of aromatic nitrogens is 2. The summed E-state index contributed by atoms with van der Waals surface area (Å²) in [5.74, 6) is 1.41. The van der Waals surface area contributed by atoms with Gasteiger partial charge in [0.1, 0.15) is 35.6 Å². The predicted molar refractivity (Wildman–Crippen MR) is 131 cm³/mol. The fourth-order valence-electron chi connectivity index (χ4n) is 2.92. The van der Waals surface area contributed by atoms with Gasteiger partial charge in [-0.2, -0.15) is 5.26 Å². The van der Waals surface area contributed by atoms with Gasteiger partial charge in [0.25, 0.3) is 5.91 Å². The van der Waals surface area contributed by atoms with Gasteiger partial charge in [-0.3, -0.25) is 10.1 Å². The smallest absolute Gasteiger partial charge is 0.268 e. The lowest BCUT2D eigenvalue weighted by Gasteiger charge is -2.12. The minimum atomic E-state index is -0.538. The van der Waals surface area contributed by atoms with Gasteiger partial charge in [0.2, 0.25) is 5.13 Å². The van der Waals surface area contributed by atoms with E-state index in [2.05, 4.69) is 22.1 Å². The number of hydrogen-bond acceptors (Lipinski definition) is 8. The number of benzene rings is 2. The Morgan fingerprint density at radius 2 is 1.91 bits per heavy atom. The molecule has 0 fully saturated rings. The molecule has 0 aliphatic carbocycles. The summed E-state index contributed by atoms with van der Waals surface area (Å²) in [7, 11) is 1.60. The Labute approximate surface area is 202 Å². The second kappa shape index (κ2) is 12.2. The van der Waals surface area contributed by atoms with Crippen LogP contribution in [0, 0.1) is 18.3 Å². The molecule has 34 heavy (non-hydrogen) atoms. The first-order valence-electron chi connectivity index (χ1n) is 10.4. The van der Waals surface area contributed by atoms with Crippen LogP contribution >= 0.6 is 11.3 Å². The number of methoxy groups -OCH3 is 1. The third-order valence-electron chi connectivity index (χ3n) is 4.52. The standard InChI is InChI=1S/C25H24N4O4S/c1-4-5-18-8-11-22(23(15-18)31-3)33-13-12-32-21-9-6-19(7-10-21)14-20(16-26)24(30)27-25-29-28-17(2)34-25/h4,6-11,14-15H,1,5,12-13H2,2-3H3,(H,27,29,30)/b20-14-. The molecule has 0 aliphatic rings. The van der Waals surface area contributed by atoms with Gasteiger partial charge < -0.3 is 14.2 Å². The largest absolute Gasteiger partial charge is 0.493 e. The molecule has 1 N–H and O–H groups in total. The van der Waals surface area contributed by atoms with Crippen molar-refractivity contribution in [3.05, 3.63) is 76.8 Å². The molecule has 0 aliphatic heterocycles. The lowest BCUT2D eigenvalue weighted by atomic mass is 10.1. The summed E-state index contributed by atoms with van der Waals surface area (Å²) in [4.78, 5) is 12.3. The van der Waals surface area contributed by atoms with Crippen molar-refractivity contribution < 1.29 is 19.0 Å². The quantitative estimate of drug-likeness (QED) is 0.187. The Bertz CT molecular complexity index is 1210. The van der Waals surface area contributed by atoms with Crippen molar-refractivity contribution in [1.29, 1.82) is 5.26 Å².